The Kier molecular flexibility index (Phi) is 5.66. The number of ether oxygens (including phenoxy) is 2. The number of carbonyl (C=O) groups excluding carboxylic acids is 1. The molecule has 118 valence electrons. The van der Waals surface area contributed by atoms with E-state index in [0.717, 1.165) is 12.8 Å². The van der Waals surface area contributed by atoms with Crippen LogP contribution in [0.15, 0.2) is 23.8 Å². The first-order chi connectivity index (χ1) is 11.2. The van der Waals surface area contributed by atoms with Gasteiger partial charge in [0.1, 0.15) is 18.2 Å². The van der Waals surface area contributed by atoms with E-state index in [1.807, 2.05) is 13.0 Å². The van der Waals surface area contributed by atoms with Crippen LogP contribution in [0.1, 0.15) is 25.3 Å². The van der Waals surface area contributed by atoms with Crippen molar-refractivity contribution in [2.75, 3.05) is 13.2 Å². The Balaban J connectivity index is 2.21. The second-order valence-electron chi connectivity index (χ2n) is 5.05. The number of nitrogens with one attached hydrogen (secondary N) is 1. The number of benzene rings is 1. The summed E-state index contributed by atoms with van der Waals surface area (Å²) in [6.45, 7) is 2.46. The molecule has 1 aliphatic carbocycles. The molecular weight excluding hydrogens is 292 g/mol. The van der Waals surface area contributed by atoms with Gasteiger partial charge in [0.15, 0.2) is 11.5 Å². The van der Waals surface area contributed by atoms with Crippen molar-refractivity contribution < 1.29 is 14.3 Å². The molecule has 0 radical (unpaired) electrons. The lowest BCUT2D eigenvalue weighted by Gasteiger charge is -2.11. The van der Waals surface area contributed by atoms with Crippen molar-refractivity contribution in [2.45, 2.75) is 25.8 Å². The molecular formula is C18H18N2O3. The summed E-state index contributed by atoms with van der Waals surface area (Å²) in [6, 6.07) is 7.32. The van der Waals surface area contributed by atoms with Crippen molar-refractivity contribution in [3.63, 3.8) is 0 Å². The molecule has 1 aromatic carbocycles. The van der Waals surface area contributed by atoms with Gasteiger partial charge in [-0.2, -0.15) is 5.26 Å². The second kappa shape index (κ2) is 7.91. The number of rotatable bonds is 7. The number of nitrogens with zero attached hydrogens (tertiary/aromatic N) is 1. The third-order valence-corrected chi connectivity index (χ3v) is 3.17. The summed E-state index contributed by atoms with van der Waals surface area (Å²) in [5.74, 6) is 3.10. The van der Waals surface area contributed by atoms with Crippen LogP contribution < -0.4 is 14.8 Å². The number of terminal acetylenes is 1. The minimum absolute atomic E-state index is 0.0663. The Morgan fingerprint density at radius 3 is 2.83 bits per heavy atom. The SMILES string of the molecule is C#CCOc1ccc(/C=C(\C#N)C(=O)NC2CC2)cc1OCC. The highest BCUT2D eigenvalue weighted by Gasteiger charge is 2.24. The van der Waals surface area contributed by atoms with Crippen molar-refractivity contribution in [3.8, 4) is 29.9 Å². The molecule has 23 heavy (non-hydrogen) atoms. The van der Waals surface area contributed by atoms with Crippen LogP contribution in [-0.2, 0) is 4.79 Å². The minimum atomic E-state index is -0.347. The Morgan fingerprint density at radius 2 is 2.22 bits per heavy atom. The number of nitriles is 1. The third kappa shape index (κ3) is 4.79. The monoisotopic (exact) mass is 310 g/mol. The van der Waals surface area contributed by atoms with E-state index in [1.54, 1.807) is 18.2 Å². The van der Waals surface area contributed by atoms with Gasteiger partial charge in [0.25, 0.3) is 5.91 Å². The van der Waals surface area contributed by atoms with Gasteiger partial charge in [0.2, 0.25) is 0 Å². The lowest BCUT2D eigenvalue weighted by atomic mass is 10.1. The Morgan fingerprint density at radius 1 is 1.43 bits per heavy atom. The van der Waals surface area contributed by atoms with Crippen LogP contribution in [0.3, 0.4) is 0 Å². The maximum absolute atomic E-state index is 12.0. The van der Waals surface area contributed by atoms with E-state index >= 15 is 0 Å². The highest BCUT2D eigenvalue weighted by atomic mass is 16.5. The molecule has 1 aliphatic rings. The molecule has 5 heteroatoms. The summed E-state index contributed by atoms with van der Waals surface area (Å²) in [6.07, 6.45) is 8.66. The lowest BCUT2D eigenvalue weighted by Crippen LogP contribution is -2.26. The first kappa shape index (κ1) is 16.5. The summed E-state index contributed by atoms with van der Waals surface area (Å²) in [4.78, 5) is 12.0. The largest absolute Gasteiger partial charge is 0.490 e. The molecule has 0 saturated heterocycles. The van der Waals surface area contributed by atoms with E-state index in [4.69, 9.17) is 15.9 Å². The van der Waals surface area contributed by atoms with E-state index in [1.165, 1.54) is 6.08 Å². The normalized spacial score (nSPS) is 13.6. The zero-order valence-electron chi connectivity index (χ0n) is 13.0. The molecule has 0 spiro atoms. The predicted octanol–water partition coefficient (Wildman–Crippen LogP) is 2.28. The van der Waals surface area contributed by atoms with Crippen molar-refractivity contribution in [3.05, 3.63) is 29.3 Å². The van der Waals surface area contributed by atoms with Crippen LogP contribution in [-0.4, -0.2) is 25.2 Å². The van der Waals surface area contributed by atoms with Gasteiger partial charge in [-0.05, 0) is 43.5 Å². The third-order valence-electron chi connectivity index (χ3n) is 3.17. The summed E-state index contributed by atoms with van der Waals surface area (Å²) >= 11 is 0. The fourth-order valence-electron chi connectivity index (χ4n) is 1.93. The standard InChI is InChI=1S/C18H18N2O3/c1-3-9-23-16-8-5-13(11-17(16)22-4-2)10-14(12-19)18(21)20-15-6-7-15/h1,5,8,10-11,15H,4,6-7,9H2,2H3,(H,20,21)/b14-10+. The van der Waals surface area contributed by atoms with Gasteiger partial charge in [-0.1, -0.05) is 12.0 Å². The zero-order valence-corrected chi connectivity index (χ0v) is 13.0. The van der Waals surface area contributed by atoms with Gasteiger partial charge < -0.3 is 14.8 Å². The van der Waals surface area contributed by atoms with Crippen molar-refractivity contribution in [1.82, 2.24) is 5.32 Å². The van der Waals surface area contributed by atoms with Crippen LogP contribution in [0.2, 0.25) is 0 Å². The smallest absolute Gasteiger partial charge is 0.262 e. The Bertz CT molecular complexity index is 691. The highest BCUT2D eigenvalue weighted by molar-refractivity contribution is 6.02. The summed E-state index contributed by atoms with van der Waals surface area (Å²) in [5, 5.41) is 12.0. The number of hydrogen-bond acceptors (Lipinski definition) is 4. The molecule has 1 N–H and O–H groups in total. The first-order valence-corrected chi connectivity index (χ1v) is 7.43. The van der Waals surface area contributed by atoms with Crippen LogP contribution in [0.25, 0.3) is 6.08 Å². The van der Waals surface area contributed by atoms with Crippen LogP contribution in [0, 0.1) is 23.7 Å². The summed E-state index contributed by atoms with van der Waals surface area (Å²) in [5.41, 5.74) is 0.751. The molecule has 1 aromatic rings. The van der Waals surface area contributed by atoms with Gasteiger partial charge in [0.05, 0.1) is 6.61 Å². The van der Waals surface area contributed by atoms with Gasteiger partial charge in [0, 0.05) is 6.04 Å². The molecule has 0 atom stereocenters. The van der Waals surface area contributed by atoms with Crippen molar-refractivity contribution >= 4 is 12.0 Å². The van der Waals surface area contributed by atoms with E-state index in [9.17, 15) is 10.1 Å². The first-order valence-electron chi connectivity index (χ1n) is 7.43. The lowest BCUT2D eigenvalue weighted by molar-refractivity contribution is -0.117. The van der Waals surface area contributed by atoms with Crippen molar-refractivity contribution in [1.29, 1.82) is 5.26 Å². The van der Waals surface area contributed by atoms with E-state index in [0.29, 0.717) is 23.7 Å². The fourth-order valence-corrected chi connectivity index (χ4v) is 1.93. The molecule has 0 aliphatic heterocycles. The van der Waals surface area contributed by atoms with Crippen LogP contribution >= 0.6 is 0 Å². The summed E-state index contributed by atoms with van der Waals surface area (Å²) in [7, 11) is 0. The van der Waals surface area contributed by atoms with E-state index in [2.05, 4.69) is 11.2 Å². The van der Waals surface area contributed by atoms with Gasteiger partial charge in [-0.3, -0.25) is 4.79 Å². The topological polar surface area (TPSA) is 71.3 Å². The van der Waals surface area contributed by atoms with Gasteiger partial charge >= 0.3 is 0 Å². The average Bonchev–Trinajstić information content (AvgIpc) is 3.36. The Labute approximate surface area is 135 Å². The van der Waals surface area contributed by atoms with Gasteiger partial charge in [-0.25, -0.2) is 0 Å². The molecule has 0 bridgehead atoms. The molecule has 1 saturated carbocycles. The minimum Gasteiger partial charge on any atom is -0.490 e. The van der Waals surface area contributed by atoms with Crippen LogP contribution in [0.4, 0.5) is 0 Å². The molecule has 0 unspecified atom stereocenters. The molecule has 0 aromatic heterocycles. The summed E-state index contributed by atoms with van der Waals surface area (Å²) < 4.78 is 10.9. The molecule has 2 rings (SSSR count). The predicted molar refractivity (Wildman–Crippen MR) is 86.7 cm³/mol. The maximum atomic E-state index is 12.0. The van der Waals surface area contributed by atoms with Gasteiger partial charge in [-0.15, -0.1) is 6.42 Å². The van der Waals surface area contributed by atoms with E-state index in [-0.39, 0.29) is 24.1 Å². The van der Waals surface area contributed by atoms with Crippen LogP contribution in [0.5, 0.6) is 11.5 Å². The quantitative estimate of drug-likeness (QED) is 0.476. The molecule has 1 amide bonds. The fraction of sp³-hybridized carbons (Fsp3) is 0.333. The van der Waals surface area contributed by atoms with E-state index < -0.39 is 0 Å². The number of hydrogen-bond donors (Lipinski definition) is 1. The number of amides is 1. The zero-order chi connectivity index (χ0) is 16.7. The van der Waals surface area contributed by atoms with Crippen molar-refractivity contribution in [2.24, 2.45) is 0 Å². The number of carbonyl (C=O) groups is 1. The molecule has 5 nitrogen and oxygen atoms in total. The second-order valence-corrected chi connectivity index (χ2v) is 5.05. The maximum Gasteiger partial charge on any atom is 0.262 e. The molecule has 1 fully saturated rings. The average molecular weight is 310 g/mol. The highest BCUT2D eigenvalue weighted by Crippen LogP contribution is 2.29. The molecule has 0 heterocycles. The Hall–Kier alpha value is -2.92.